The Labute approximate surface area is 177 Å². The van der Waals surface area contributed by atoms with E-state index in [2.05, 4.69) is 44.8 Å². The Morgan fingerprint density at radius 3 is 1.40 bits per heavy atom. The Hall–Kier alpha value is -0.271. The first-order valence-corrected chi connectivity index (χ1v) is 10.8. The number of thiol groups is 3. The number of hydrogen-bond acceptors (Lipinski definition) is 11. The molecule has 12 heteroatoms. The zero-order chi connectivity index (χ0) is 20.7. The molecule has 0 aromatic rings. The zero-order valence-corrected chi connectivity index (χ0v) is 19.3. The van der Waals surface area contributed by atoms with Gasteiger partial charge >= 0.3 is 75.3 Å². The van der Waals surface area contributed by atoms with Crippen molar-refractivity contribution in [1.82, 2.24) is 0 Å². The third-order valence-corrected chi connectivity index (χ3v) is 2.97. The Balaban J connectivity index is -0.000000126. The van der Waals surface area contributed by atoms with Crippen molar-refractivity contribution in [3.05, 3.63) is 0 Å². The molecule has 0 aliphatic heterocycles. The molecule has 0 N–H and O–H groups in total. The van der Waals surface area contributed by atoms with Crippen molar-refractivity contribution in [2.24, 2.45) is 0 Å². The molecule has 0 spiro atoms. The minimum Gasteiger partial charge on any atom is -0.549 e. The molecule has 0 saturated heterocycles. The summed E-state index contributed by atoms with van der Waals surface area (Å²) in [4.78, 5) is 38.3. The van der Waals surface area contributed by atoms with Crippen LogP contribution in [0.25, 0.3) is 0 Å². The minimum atomic E-state index is -1.13. The van der Waals surface area contributed by atoms with E-state index < -0.39 is 17.9 Å². The van der Waals surface area contributed by atoms with Crippen LogP contribution < -0.4 is 15.3 Å². The first-order chi connectivity index (χ1) is 11.6. The molecule has 144 valence electrons. The molecule has 0 heterocycles. The molecule has 0 radical (unpaired) electrons. The van der Waals surface area contributed by atoms with Crippen molar-refractivity contribution < 1.29 is 39.2 Å². The van der Waals surface area contributed by atoms with E-state index in [0.29, 0.717) is 13.0 Å². The van der Waals surface area contributed by atoms with Crippen LogP contribution >= 0.6 is 37.9 Å². The number of rotatable bonds is 8. The zero-order valence-electron chi connectivity index (χ0n) is 13.8. The maximum atomic E-state index is 10.7. The Bertz CT molecular complexity index is 323. The second kappa shape index (κ2) is 28.5. The largest absolute Gasteiger partial charge is 0.549 e. The molecular weight excluding hydrogens is 499 g/mol. The summed E-state index contributed by atoms with van der Waals surface area (Å²) in [5, 5.41) is 27.5. The molecule has 0 bridgehead atoms. The van der Waals surface area contributed by atoms with Crippen molar-refractivity contribution in [3.8, 4) is 0 Å². The summed E-state index contributed by atoms with van der Waals surface area (Å²) in [5.74, 6) is -4.01. The predicted molar refractivity (Wildman–Crippen MR) is 97.6 cm³/mol. The van der Waals surface area contributed by atoms with E-state index >= 15 is 0 Å². The number of hydrogen-bond donors (Lipinski definition) is 3. The number of ether oxygens (including phenoxy) is 1. The van der Waals surface area contributed by atoms with E-state index in [-0.39, 0.29) is 23.2 Å². The maximum absolute atomic E-state index is 10.7. The normalized spacial score (nSPS) is 8.24. The van der Waals surface area contributed by atoms with Gasteiger partial charge in [-0.05, 0) is 0 Å². The van der Waals surface area contributed by atoms with Crippen LogP contribution in [-0.4, -0.2) is 70.3 Å². The quantitative estimate of drug-likeness (QED) is 0.136. The molecular formula is C13H22O8S3Sn. The third-order valence-electron chi connectivity index (χ3n) is 1.48. The van der Waals surface area contributed by atoms with Crippen LogP contribution in [0.4, 0.5) is 0 Å². The molecule has 0 fully saturated rings. The van der Waals surface area contributed by atoms with E-state index in [9.17, 15) is 34.5 Å². The van der Waals surface area contributed by atoms with Gasteiger partial charge in [0.2, 0.25) is 0 Å². The maximum Gasteiger partial charge on any atom is 0.0510 e. The number of carbonyl (C=O) groups excluding carboxylic acids is 4. The topological polar surface area (TPSA) is 147 Å². The summed E-state index contributed by atoms with van der Waals surface area (Å²) in [5.41, 5.74) is 0. The monoisotopic (exact) mass is 522 g/mol. The van der Waals surface area contributed by atoms with Gasteiger partial charge in [-0.2, -0.15) is 37.9 Å². The van der Waals surface area contributed by atoms with Gasteiger partial charge in [-0.25, -0.2) is 0 Å². The van der Waals surface area contributed by atoms with Crippen LogP contribution in [0.15, 0.2) is 0 Å². The van der Waals surface area contributed by atoms with E-state index in [4.69, 9.17) is 4.74 Å². The van der Waals surface area contributed by atoms with Gasteiger partial charge in [0.25, 0.3) is 0 Å². The average molecular weight is 521 g/mol. The number of carboxylic acid groups (broad SMARTS) is 3. The van der Waals surface area contributed by atoms with Crippen molar-refractivity contribution >= 4 is 84.3 Å². The molecule has 0 rings (SSSR count). The summed E-state index contributed by atoms with van der Waals surface area (Å²) >= 11 is 11.5. The fraction of sp³-hybridized carbons (Fsp3) is 0.692. The van der Waals surface area contributed by atoms with Gasteiger partial charge in [-0.3, -0.25) is 0 Å². The van der Waals surface area contributed by atoms with Crippen LogP contribution in [0.2, 0.25) is 4.44 Å². The molecule has 0 amide bonds. The van der Waals surface area contributed by atoms with Gasteiger partial charge in [0, 0.05) is 17.3 Å². The Kier molecular flexibility index (Phi) is 37.0. The van der Waals surface area contributed by atoms with E-state index in [0.717, 1.165) is 17.3 Å². The molecule has 0 saturated carbocycles. The SMILES string of the molecule is CCCCOC(=O)C[CH2][Sn+3].O=C([O-])CS.O=C([O-])CS.O=C([O-])CS. The molecule has 0 atom stereocenters. The van der Waals surface area contributed by atoms with Crippen LogP contribution in [-0.2, 0) is 23.9 Å². The Morgan fingerprint density at radius 2 is 1.20 bits per heavy atom. The summed E-state index contributed by atoms with van der Waals surface area (Å²) < 4.78 is 5.87. The van der Waals surface area contributed by atoms with Crippen molar-refractivity contribution in [2.75, 3.05) is 23.9 Å². The Morgan fingerprint density at radius 1 is 0.880 bits per heavy atom. The van der Waals surface area contributed by atoms with Gasteiger partial charge in [0.15, 0.2) is 0 Å². The second-order valence-electron chi connectivity index (χ2n) is 3.66. The van der Waals surface area contributed by atoms with Crippen LogP contribution in [0.1, 0.15) is 26.2 Å². The third kappa shape index (κ3) is 59.4. The van der Waals surface area contributed by atoms with E-state index in [1.54, 1.807) is 0 Å². The smallest absolute Gasteiger partial charge is 0.0510 e. The molecule has 8 nitrogen and oxygen atoms in total. The standard InChI is InChI=1S/C7H13O2.3C2H4O2S.Sn/c1-3-5-6-9-7(8)4-2;3*3-2(4)1-5;/h2-6H2,1H3;3*5H,1H2,(H,3,4);/q;;;;+3/p-3. The summed E-state index contributed by atoms with van der Waals surface area (Å²) in [7, 11) is 0. The fourth-order valence-corrected chi connectivity index (χ4v) is 1.09. The van der Waals surface area contributed by atoms with Crippen LogP contribution in [0.3, 0.4) is 0 Å². The van der Waals surface area contributed by atoms with Gasteiger partial charge < -0.3 is 29.7 Å². The number of carboxylic acids is 3. The van der Waals surface area contributed by atoms with Crippen molar-refractivity contribution in [2.45, 2.75) is 30.6 Å². The first-order valence-electron chi connectivity index (χ1n) is 6.85. The summed E-state index contributed by atoms with van der Waals surface area (Å²) in [6.07, 6.45) is 2.68. The molecule has 0 aromatic carbocycles. The van der Waals surface area contributed by atoms with Gasteiger partial charge in [-0.1, -0.05) is 0 Å². The second-order valence-corrected chi connectivity index (χ2v) is 6.04. The van der Waals surface area contributed by atoms with E-state index in [1.807, 2.05) is 0 Å². The van der Waals surface area contributed by atoms with Gasteiger partial charge in [0.05, 0.1) is 17.9 Å². The number of carbonyl (C=O) groups is 4. The number of aliphatic carboxylic acids is 3. The van der Waals surface area contributed by atoms with Gasteiger partial charge in [-0.15, -0.1) is 0 Å². The molecule has 25 heavy (non-hydrogen) atoms. The number of unbranched alkanes of at least 4 members (excludes halogenated alkanes) is 1. The predicted octanol–water partition coefficient (Wildman–Crippen LogP) is -2.70. The molecule has 0 unspecified atom stereocenters. The average Bonchev–Trinajstić information content (AvgIpc) is 2.56. The summed E-state index contributed by atoms with van der Waals surface area (Å²) in [6, 6.07) is 0. The molecule has 0 aliphatic rings. The fourth-order valence-electron chi connectivity index (χ4n) is 0.505. The first kappa shape index (κ1) is 32.4. The van der Waals surface area contributed by atoms with Crippen molar-refractivity contribution in [3.63, 3.8) is 0 Å². The van der Waals surface area contributed by atoms with Crippen LogP contribution in [0, 0.1) is 0 Å². The van der Waals surface area contributed by atoms with Crippen molar-refractivity contribution in [1.29, 1.82) is 0 Å². The number of esters is 1. The molecule has 0 aromatic heterocycles. The summed E-state index contributed by atoms with van der Waals surface area (Å²) in [6.45, 7) is 2.68. The minimum absolute atomic E-state index is 0.0368. The molecule has 0 aliphatic carbocycles. The van der Waals surface area contributed by atoms with Gasteiger partial charge in [0.1, 0.15) is 0 Å². The van der Waals surface area contributed by atoms with E-state index in [1.165, 1.54) is 22.5 Å². The van der Waals surface area contributed by atoms with Crippen LogP contribution in [0.5, 0.6) is 0 Å².